The third-order valence-corrected chi connectivity index (χ3v) is 4.85. The summed E-state index contributed by atoms with van der Waals surface area (Å²) in [6.07, 6.45) is 3.33. The first-order chi connectivity index (χ1) is 8.84. The van der Waals surface area contributed by atoms with Crippen LogP contribution in [0.1, 0.15) is 63.0 Å². The number of nitrogens with zero attached hydrogens (tertiary/aromatic N) is 1. The van der Waals surface area contributed by atoms with Gasteiger partial charge in [0.1, 0.15) is 5.01 Å². The van der Waals surface area contributed by atoms with Gasteiger partial charge in [0.15, 0.2) is 0 Å². The second-order valence-electron chi connectivity index (χ2n) is 6.40. The van der Waals surface area contributed by atoms with Crippen molar-refractivity contribution in [2.45, 2.75) is 66.3 Å². The molecule has 1 heterocycles. The van der Waals surface area contributed by atoms with E-state index in [0.29, 0.717) is 11.8 Å². The number of nitrogens with one attached hydrogen (secondary N) is 1. The Bertz CT molecular complexity index is 383. The van der Waals surface area contributed by atoms with Crippen LogP contribution in [0.15, 0.2) is 0 Å². The van der Waals surface area contributed by atoms with Gasteiger partial charge < -0.3 is 5.32 Å². The first-order valence-electron chi connectivity index (χ1n) is 7.50. The molecule has 19 heavy (non-hydrogen) atoms. The van der Waals surface area contributed by atoms with Crippen LogP contribution < -0.4 is 5.32 Å². The maximum Gasteiger partial charge on any atom is 0.113 e. The molecule has 1 rings (SSSR count). The third kappa shape index (κ3) is 4.03. The average molecular weight is 282 g/mol. The van der Waals surface area contributed by atoms with E-state index in [4.69, 9.17) is 4.98 Å². The molecular weight excluding hydrogens is 252 g/mol. The van der Waals surface area contributed by atoms with Gasteiger partial charge in [-0.2, -0.15) is 0 Å². The highest BCUT2D eigenvalue weighted by atomic mass is 32.1. The van der Waals surface area contributed by atoms with E-state index in [1.807, 2.05) is 11.3 Å². The van der Waals surface area contributed by atoms with Gasteiger partial charge in [0.2, 0.25) is 0 Å². The Kier molecular flexibility index (Phi) is 6.00. The Morgan fingerprint density at radius 3 is 2.00 bits per heavy atom. The van der Waals surface area contributed by atoms with Crippen LogP contribution in [0.25, 0.3) is 0 Å². The van der Waals surface area contributed by atoms with Crippen molar-refractivity contribution in [1.29, 1.82) is 0 Å². The van der Waals surface area contributed by atoms with Gasteiger partial charge in [-0.3, -0.25) is 0 Å². The fourth-order valence-corrected chi connectivity index (χ4v) is 4.14. The van der Waals surface area contributed by atoms with E-state index in [1.54, 1.807) is 0 Å². The van der Waals surface area contributed by atoms with Crippen LogP contribution in [0.3, 0.4) is 0 Å². The lowest BCUT2D eigenvalue weighted by molar-refractivity contribution is 0.239. The van der Waals surface area contributed by atoms with E-state index in [9.17, 15) is 0 Å². The molecule has 0 spiro atoms. The molecule has 1 N–H and O–H groups in total. The first-order valence-corrected chi connectivity index (χ1v) is 8.32. The van der Waals surface area contributed by atoms with Crippen LogP contribution in [-0.2, 0) is 12.0 Å². The van der Waals surface area contributed by atoms with Gasteiger partial charge in [-0.1, -0.05) is 34.6 Å². The molecule has 2 nitrogen and oxygen atoms in total. The molecule has 0 aliphatic rings. The molecule has 3 heteroatoms. The maximum atomic E-state index is 4.93. The third-order valence-electron chi connectivity index (χ3n) is 3.63. The Labute approximate surface area is 123 Å². The summed E-state index contributed by atoms with van der Waals surface area (Å²) in [7, 11) is 2.09. The number of rotatable bonds is 7. The highest BCUT2D eigenvalue weighted by Crippen LogP contribution is 2.37. The molecule has 0 aromatic carbocycles. The summed E-state index contributed by atoms with van der Waals surface area (Å²) < 4.78 is 0. The van der Waals surface area contributed by atoms with Gasteiger partial charge >= 0.3 is 0 Å². The smallest absolute Gasteiger partial charge is 0.113 e. The predicted molar refractivity (Wildman–Crippen MR) is 85.9 cm³/mol. The number of aryl methyl sites for hydroxylation is 2. The van der Waals surface area contributed by atoms with Crippen molar-refractivity contribution < 1.29 is 0 Å². The Morgan fingerprint density at radius 2 is 1.68 bits per heavy atom. The number of aromatic nitrogens is 1. The molecule has 0 fully saturated rings. The summed E-state index contributed by atoms with van der Waals surface area (Å²) in [4.78, 5) is 6.31. The van der Waals surface area contributed by atoms with E-state index in [-0.39, 0.29) is 5.54 Å². The Morgan fingerprint density at radius 1 is 1.16 bits per heavy atom. The van der Waals surface area contributed by atoms with Crippen molar-refractivity contribution >= 4 is 11.3 Å². The lowest BCUT2D eigenvalue weighted by atomic mass is 9.82. The van der Waals surface area contributed by atoms with Gasteiger partial charge in [0, 0.05) is 4.88 Å². The predicted octanol–water partition coefficient (Wildman–Crippen LogP) is 4.52. The van der Waals surface area contributed by atoms with Crippen molar-refractivity contribution in [2.75, 3.05) is 7.05 Å². The van der Waals surface area contributed by atoms with Crippen LogP contribution in [0.4, 0.5) is 0 Å². The van der Waals surface area contributed by atoms with Crippen LogP contribution in [-0.4, -0.2) is 12.0 Å². The minimum Gasteiger partial charge on any atom is -0.308 e. The fourth-order valence-electron chi connectivity index (χ4n) is 2.92. The van der Waals surface area contributed by atoms with E-state index < -0.39 is 0 Å². The zero-order chi connectivity index (χ0) is 14.6. The van der Waals surface area contributed by atoms with E-state index in [0.717, 1.165) is 19.3 Å². The SMILES string of the molecule is CCc1nc(C(CC(C)C)(CC(C)C)NC)sc1C. The number of hydrogen-bond donors (Lipinski definition) is 1. The van der Waals surface area contributed by atoms with Crippen molar-refractivity contribution in [3.05, 3.63) is 15.6 Å². The molecule has 0 aliphatic heterocycles. The molecule has 0 saturated carbocycles. The highest BCUT2D eigenvalue weighted by Gasteiger charge is 2.35. The quantitative estimate of drug-likeness (QED) is 0.795. The molecule has 0 aliphatic carbocycles. The minimum atomic E-state index is 0.0468. The van der Waals surface area contributed by atoms with Gasteiger partial charge in [-0.25, -0.2) is 4.98 Å². The minimum absolute atomic E-state index is 0.0468. The highest BCUT2D eigenvalue weighted by molar-refractivity contribution is 7.11. The van der Waals surface area contributed by atoms with E-state index in [2.05, 4.69) is 53.9 Å². The molecule has 1 aromatic rings. The number of hydrogen-bond acceptors (Lipinski definition) is 3. The van der Waals surface area contributed by atoms with Gasteiger partial charge in [0.05, 0.1) is 11.2 Å². The summed E-state index contributed by atoms with van der Waals surface area (Å²) in [5.74, 6) is 1.33. The molecule has 0 saturated heterocycles. The monoisotopic (exact) mass is 282 g/mol. The van der Waals surface area contributed by atoms with Gasteiger partial charge in [0.25, 0.3) is 0 Å². The summed E-state index contributed by atoms with van der Waals surface area (Å²) in [6.45, 7) is 13.6. The lowest BCUT2D eigenvalue weighted by Gasteiger charge is -2.35. The standard InChI is InChI=1S/C16H30N2S/c1-8-14-13(6)19-15(18-14)16(17-7,9-11(2)3)10-12(4)5/h11-12,17H,8-10H2,1-7H3. The fraction of sp³-hybridized carbons (Fsp3) is 0.812. The molecular formula is C16H30N2S. The van der Waals surface area contributed by atoms with E-state index in [1.165, 1.54) is 15.6 Å². The first kappa shape index (κ1) is 16.6. The Balaban J connectivity index is 3.18. The Hall–Kier alpha value is -0.410. The molecule has 0 bridgehead atoms. The summed E-state index contributed by atoms with van der Waals surface area (Å²) in [5, 5.41) is 4.89. The van der Waals surface area contributed by atoms with Crippen molar-refractivity contribution in [3.63, 3.8) is 0 Å². The summed E-state index contributed by atoms with van der Waals surface area (Å²) >= 11 is 1.88. The van der Waals surface area contributed by atoms with Gasteiger partial charge in [-0.15, -0.1) is 11.3 Å². The average Bonchev–Trinajstić information content (AvgIpc) is 2.68. The zero-order valence-corrected chi connectivity index (χ0v) is 14.4. The lowest BCUT2D eigenvalue weighted by Crippen LogP contribution is -2.42. The molecule has 1 aromatic heterocycles. The van der Waals surface area contributed by atoms with Crippen molar-refractivity contribution in [3.8, 4) is 0 Å². The van der Waals surface area contributed by atoms with E-state index >= 15 is 0 Å². The molecule has 0 radical (unpaired) electrons. The van der Waals surface area contributed by atoms with Crippen LogP contribution in [0.2, 0.25) is 0 Å². The molecule has 110 valence electrons. The second-order valence-corrected chi connectivity index (χ2v) is 7.61. The normalized spacial score (nSPS) is 12.7. The number of thiazole rings is 1. The van der Waals surface area contributed by atoms with Crippen molar-refractivity contribution in [2.24, 2.45) is 11.8 Å². The van der Waals surface area contributed by atoms with Crippen LogP contribution >= 0.6 is 11.3 Å². The second kappa shape index (κ2) is 6.85. The maximum absolute atomic E-state index is 4.93. The molecule has 0 unspecified atom stereocenters. The van der Waals surface area contributed by atoms with Crippen molar-refractivity contribution in [1.82, 2.24) is 10.3 Å². The summed E-state index contributed by atoms with van der Waals surface area (Å²) in [5.41, 5.74) is 1.32. The van der Waals surface area contributed by atoms with Crippen LogP contribution in [0, 0.1) is 18.8 Å². The molecule has 0 atom stereocenters. The molecule has 0 amide bonds. The topological polar surface area (TPSA) is 24.9 Å². The largest absolute Gasteiger partial charge is 0.308 e. The summed E-state index contributed by atoms with van der Waals surface area (Å²) in [6, 6.07) is 0. The van der Waals surface area contributed by atoms with Crippen LogP contribution in [0.5, 0.6) is 0 Å². The zero-order valence-electron chi connectivity index (χ0n) is 13.6. The van der Waals surface area contributed by atoms with Gasteiger partial charge in [-0.05, 0) is 45.1 Å².